The standard InChI is InChI=1S/C14H19BrN2O2/c1-9-6-10(15)4-5-12(9)17-13(19)11(7-18)16-8-14(17,2)3/h4-6,11,16,18H,7-8H2,1-3H3. The molecule has 0 bridgehead atoms. The number of halogens is 1. The van der Waals surface area contributed by atoms with Crippen LogP contribution in [0.1, 0.15) is 19.4 Å². The number of hydrogen-bond donors (Lipinski definition) is 2. The van der Waals surface area contributed by atoms with Crippen LogP contribution in [0.15, 0.2) is 22.7 Å². The van der Waals surface area contributed by atoms with Gasteiger partial charge in [-0.05, 0) is 44.5 Å². The van der Waals surface area contributed by atoms with E-state index in [0.29, 0.717) is 6.54 Å². The van der Waals surface area contributed by atoms with Gasteiger partial charge in [-0.2, -0.15) is 0 Å². The van der Waals surface area contributed by atoms with Gasteiger partial charge >= 0.3 is 0 Å². The fourth-order valence-corrected chi connectivity index (χ4v) is 2.93. The number of nitrogens with zero attached hydrogens (tertiary/aromatic N) is 1. The lowest BCUT2D eigenvalue weighted by atomic mass is 9.95. The van der Waals surface area contributed by atoms with E-state index in [9.17, 15) is 9.90 Å². The third kappa shape index (κ3) is 2.68. The molecule has 0 saturated carbocycles. The van der Waals surface area contributed by atoms with E-state index in [2.05, 4.69) is 21.2 Å². The Kier molecular flexibility index (Phi) is 3.99. The van der Waals surface area contributed by atoms with Crippen molar-refractivity contribution in [2.24, 2.45) is 0 Å². The van der Waals surface area contributed by atoms with Crippen LogP contribution in [0.3, 0.4) is 0 Å². The maximum Gasteiger partial charge on any atom is 0.247 e. The molecule has 0 aliphatic carbocycles. The summed E-state index contributed by atoms with van der Waals surface area (Å²) in [5.74, 6) is -0.0795. The molecular formula is C14H19BrN2O2. The van der Waals surface area contributed by atoms with Crippen LogP contribution in [-0.2, 0) is 4.79 Å². The van der Waals surface area contributed by atoms with Gasteiger partial charge in [-0.15, -0.1) is 0 Å². The molecule has 2 rings (SSSR count). The zero-order chi connectivity index (χ0) is 14.2. The largest absolute Gasteiger partial charge is 0.394 e. The maximum absolute atomic E-state index is 12.5. The normalized spacial score (nSPS) is 22.7. The van der Waals surface area contributed by atoms with Crippen LogP contribution in [0.5, 0.6) is 0 Å². The summed E-state index contributed by atoms with van der Waals surface area (Å²) in [6.07, 6.45) is 0. The fourth-order valence-electron chi connectivity index (χ4n) is 2.45. The highest BCUT2D eigenvalue weighted by atomic mass is 79.9. The summed E-state index contributed by atoms with van der Waals surface area (Å²) in [6, 6.07) is 5.35. The molecule has 0 spiro atoms. The SMILES string of the molecule is Cc1cc(Br)ccc1N1C(=O)C(CO)NCC1(C)C. The van der Waals surface area contributed by atoms with E-state index >= 15 is 0 Å². The molecule has 1 saturated heterocycles. The Morgan fingerprint density at radius 1 is 1.53 bits per heavy atom. The fraction of sp³-hybridized carbons (Fsp3) is 0.500. The van der Waals surface area contributed by atoms with E-state index in [1.165, 1.54) is 0 Å². The molecule has 1 unspecified atom stereocenters. The molecule has 19 heavy (non-hydrogen) atoms. The van der Waals surface area contributed by atoms with Gasteiger partial charge in [0, 0.05) is 16.7 Å². The number of aliphatic hydroxyl groups excluding tert-OH is 1. The van der Waals surface area contributed by atoms with E-state index in [4.69, 9.17) is 0 Å². The zero-order valence-corrected chi connectivity index (χ0v) is 13.0. The summed E-state index contributed by atoms with van der Waals surface area (Å²) in [5, 5.41) is 12.4. The highest BCUT2D eigenvalue weighted by Gasteiger charge is 2.41. The third-order valence-electron chi connectivity index (χ3n) is 3.49. The molecule has 1 amide bonds. The van der Waals surface area contributed by atoms with Crippen LogP contribution < -0.4 is 10.2 Å². The second-order valence-electron chi connectivity index (χ2n) is 5.53. The number of rotatable bonds is 2. The van der Waals surface area contributed by atoms with Gasteiger partial charge < -0.3 is 15.3 Å². The Balaban J connectivity index is 2.46. The number of benzene rings is 1. The Labute approximate surface area is 121 Å². The van der Waals surface area contributed by atoms with Crippen LogP contribution in [-0.4, -0.2) is 35.7 Å². The number of amides is 1. The number of carbonyl (C=O) groups is 1. The number of nitrogens with one attached hydrogen (secondary N) is 1. The van der Waals surface area contributed by atoms with Gasteiger partial charge in [0.2, 0.25) is 5.91 Å². The maximum atomic E-state index is 12.5. The van der Waals surface area contributed by atoms with E-state index in [1.807, 2.05) is 39.0 Å². The van der Waals surface area contributed by atoms with Crippen molar-refractivity contribution in [2.75, 3.05) is 18.1 Å². The van der Waals surface area contributed by atoms with Crippen molar-refractivity contribution in [3.8, 4) is 0 Å². The Hall–Kier alpha value is -0.910. The lowest BCUT2D eigenvalue weighted by Gasteiger charge is -2.45. The third-order valence-corrected chi connectivity index (χ3v) is 3.98. The number of piperazine rings is 1. The first-order valence-corrected chi connectivity index (χ1v) is 7.10. The predicted molar refractivity (Wildman–Crippen MR) is 79.3 cm³/mol. The second kappa shape index (κ2) is 5.23. The molecule has 2 N–H and O–H groups in total. The molecule has 0 radical (unpaired) electrons. The summed E-state index contributed by atoms with van der Waals surface area (Å²) < 4.78 is 0.993. The average molecular weight is 327 g/mol. The highest BCUT2D eigenvalue weighted by Crippen LogP contribution is 2.31. The minimum atomic E-state index is -0.518. The van der Waals surface area contributed by atoms with Crippen molar-refractivity contribution in [2.45, 2.75) is 32.4 Å². The summed E-state index contributed by atoms with van der Waals surface area (Å²) >= 11 is 3.43. The first kappa shape index (κ1) is 14.5. The van der Waals surface area contributed by atoms with Crippen LogP contribution >= 0.6 is 15.9 Å². The summed E-state index contributed by atoms with van der Waals surface area (Å²) in [7, 11) is 0. The quantitative estimate of drug-likeness (QED) is 0.871. The molecule has 104 valence electrons. The van der Waals surface area contributed by atoms with Gasteiger partial charge in [0.15, 0.2) is 0 Å². The first-order chi connectivity index (χ1) is 8.86. The summed E-state index contributed by atoms with van der Waals surface area (Å²) in [6.45, 7) is 6.50. The Bertz CT molecular complexity index is 502. The van der Waals surface area contributed by atoms with Gasteiger partial charge in [-0.1, -0.05) is 15.9 Å². The van der Waals surface area contributed by atoms with Crippen molar-refractivity contribution in [1.29, 1.82) is 0 Å². The lowest BCUT2D eigenvalue weighted by molar-refractivity contribution is -0.124. The van der Waals surface area contributed by atoms with Crippen molar-refractivity contribution < 1.29 is 9.90 Å². The van der Waals surface area contributed by atoms with E-state index in [0.717, 1.165) is 15.7 Å². The van der Waals surface area contributed by atoms with Crippen molar-refractivity contribution in [3.63, 3.8) is 0 Å². The zero-order valence-electron chi connectivity index (χ0n) is 11.4. The van der Waals surface area contributed by atoms with Crippen molar-refractivity contribution in [3.05, 3.63) is 28.2 Å². The number of aryl methyl sites for hydroxylation is 1. The monoisotopic (exact) mass is 326 g/mol. The van der Waals surface area contributed by atoms with Gasteiger partial charge in [0.25, 0.3) is 0 Å². The van der Waals surface area contributed by atoms with E-state index in [1.54, 1.807) is 4.90 Å². The second-order valence-corrected chi connectivity index (χ2v) is 6.45. The molecule has 5 heteroatoms. The number of carbonyl (C=O) groups excluding carboxylic acids is 1. The van der Waals surface area contributed by atoms with E-state index < -0.39 is 6.04 Å². The lowest BCUT2D eigenvalue weighted by Crippen LogP contribution is -2.66. The van der Waals surface area contributed by atoms with Gasteiger partial charge in [0.05, 0.1) is 12.1 Å². The Morgan fingerprint density at radius 2 is 2.21 bits per heavy atom. The molecule has 4 nitrogen and oxygen atoms in total. The summed E-state index contributed by atoms with van der Waals surface area (Å²) in [4.78, 5) is 14.3. The minimum Gasteiger partial charge on any atom is -0.394 e. The molecule has 1 aliphatic heterocycles. The van der Waals surface area contributed by atoms with Crippen LogP contribution in [0.25, 0.3) is 0 Å². The minimum absolute atomic E-state index is 0.0795. The topological polar surface area (TPSA) is 52.6 Å². The number of hydrogen-bond acceptors (Lipinski definition) is 3. The van der Waals surface area contributed by atoms with Gasteiger partial charge in [-0.25, -0.2) is 0 Å². The van der Waals surface area contributed by atoms with Crippen molar-refractivity contribution in [1.82, 2.24) is 5.32 Å². The average Bonchev–Trinajstić information content (AvgIpc) is 2.31. The van der Waals surface area contributed by atoms with Gasteiger partial charge in [-0.3, -0.25) is 4.79 Å². The molecule has 1 aromatic carbocycles. The summed E-state index contributed by atoms with van der Waals surface area (Å²) in [5.41, 5.74) is 1.62. The molecular weight excluding hydrogens is 308 g/mol. The van der Waals surface area contributed by atoms with Gasteiger partial charge in [0.1, 0.15) is 6.04 Å². The predicted octanol–water partition coefficient (Wildman–Crippen LogP) is 1.83. The number of anilines is 1. The van der Waals surface area contributed by atoms with Crippen molar-refractivity contribution >= 4 is 27.5 Å². The highest BCUT2D eigenvalue weighted by molar-refractivity contribution is 9.10. The number of aliphatic hydroxyl groups is 1. The molecule has 1 fully saturated rings. The van der Waals surface area contributed by atoms with Crippen LogP contribution in [0.4, 0.5) is 5.69 Å². The molecule has 1 heterocycles. The molecule has 1 aromatic rings. The van der Waals surface area contributed by atoms with Crippen LogP contribution in [0, 0.1) is 6.92 Å². The van der Waals surface area contributed by atoms with E-state index in [-0.39, 0.29) is 18.1 Å². The molecule has 1 aliphatic rings. The molecule has 1 atom stereocenters. The molecule has 0 aromatic heterocycles. The first-order valence-electron chi connectivity index (χ1n) is 6.31. The smallest absolute Gasteiger partial charge is 0.247 e. The van der Waals surface area contributed by atoms with Crippen LogP contribution in [0.2, 0.25) is 0 Å². The Morgan fingerprint density at radius 3 is 2.79 bits per heavy atom.